The number of hydrogen-bond acceptors (Lipinski definition) is 4. The van der Waals surface area contributed by atoms with Crippen molar-refractivity contribution in [3.63, 3.8) is 0 Å². The van der Waals surface area contributed by atoms with E-state index in [1.54, 1.807) is 31.5 Å². The van der Waals surface area contributed by atoms with Gasteiger partial charge in [0.15, 0.2) is 0 Å². The van der Waals surface area contributed by atoms with Crippen LogP contribution in [0.25, 0.3) is 0 Å². The lowest BCUT2D eigenvalue weighted by molar-refractivity contribution is 0.0945. The maximum Gasteiger partial charge on any atom is 0.269 e. The summed E-state index contributed by atoms with van der Waals surface area (Å²) in [4.78, 5) is 15.5. The molecule has 0 aromatic carbocycles. The molecule has 16 heavy (non-hydrogen) atoms. The highest BCUT2D eigenvalue weighted by molar-refractivity contribution is 5.92. The molecule has 1 unspecified atom stereocenters. The number of methoxy groups -OCH3 is 1. The summed E-state index contributed by atoms with van der Waals surface area (Å²) in [5, 5.41) is 2.75. The van der Waals surface area contributed by atoms with Gasteiger partial charge in [-0.05, 0) is 18.6 Å². The Balaban J connectivity index is 2.26. The quantitative estimate of drug-likeness (QED) is 0.721. The smallest absolute Gasteiger partial charge is 0.269 e. The van der Waals surface area contributed by atoms with Crippen LogP contribution in [-0.2, 0) is 4.74 Å². The van der Waals surface area contributed by atoms with Gasteiger partial charge in [-0.2, -0.15) is 0 Å². The van der Waals surface area contributed by atoms with Gasteiger partial charge >= 0.3 is 0 Å². The third kappa shape index (κ3) is 4.37. The number of rotatable bonds is 6. The van der Waals surface area contributed by atoms with E-state index in [9.17, 15) is 4.79 Å². The molecule has 0 radical (unpaired) electrons. The minimum atomic E-state index is -0.176. The molecule has 5 nitrogen and oxygen atoms in total. The van der Waals surface area contributed by atoms with E-state index in [-0.39, 0.29) is 11.9 Å². The summed E-state index contributed by atoms with van der Waals surface area (Å²) >= 11 is 0. The van der Waals surface area contributed by atoms with Crippen LogP contribution in [0, 0.1) is 0 Å². The highest BCUT2D eigenvalue weighted by atomic mass is 16.5. The molecule has 0 aliphatic heterocycles. The van der Waals surface area contributed by atoms with Crippen LogP contribution in [0.4, 0.5) is 0 Å². The maximum absolute atomic E-state index is 11.5. The van der Waals surface area contributed by atoms with Crippen molar-refractivity contribution in [1.82, 2.24) is 10.3 Å². The number of ether oxygens (including phenoxy) is 1. The summed E-state index contributed by atoms with van der Waals surface area (Å²) in [6, 6.07) is 5.17. The molecule has 0 fully saturated rings. The normalized spacial score (nSPS) is 12.1. The zero-order valence-corrected chi connectivity index (χ0v) is 9.35. The lowest BCUT2D eigenvalue weighted by Gasteiger charge is -2.10. The third-order valence-electron chi connectivity index (χ3n) is 2.08. The molecule has 1 aromatic rings. The predicted octanol–water partition coefficient (Wildman–Crippen LogP) is 0.175. The van der Waals surface area contributed by atoms with E-state index in [0.717, 1.165) is 0 Å². The first-order chi connectivity index (χ1) is 7.74. The number of carbonyl (C=O) groups is 1. The van der Waals surface area contributed by atoms with Crippen molar-refractivity contribution >= 4 is 5.91 Å². The highest BCUT2D eigenvalue weighted by Gasteiger charge is 2.06. The van der Waals surface area contributed by atoms with Crippen molar-refractivity contribution in [1.29, 1.82) is 0 Å². The van der Waals surface area contributed by atoms with Crippen LogP contribution in [0.3, 0.4) is 0 Å². The number of nitrogens with zero attached hydrogens (tertiary/aromatic N) is 1. The van der Waals surface area contributed by atoms with Crippen LogP contribution < -0.4 is 11.1 Å². The second kappa shape index (κ2) is 6.92. The zero-order valence-electron chi connectivity index (χ0n) is 9.35. The van der Waals surface area contributed by atoms with Crippen molar-refractivity contribution in [3.8, 4) is 0 Å². The minimum Gasteiger partial charge on any atom is -0.383 e. The van der Waals surface area contributed by atoms with E-state index in [1.807, 2.05) is 0 Å². The molecule has 0 aliphatic rings. The van der Waals surface area contributed by atoms with Crippen molar-refractivity contribution in [2.24, 2.45) is 5.73 Å². The first-order valence-corrected chi connectivity index (χ1v) is 5.17. The molecule has 1 aromatic heterocycles. The van der Waals surface area contributed by atoms with E-state index < -0.39 is 0 Å². The Labute approximate surface area is 95.0 Å². The molecule has 0 saturated carbocycles. The SMILES string of the molecule is COCC(N)CCNC(=O)c1ccccn1. The Morgan fingerprint density at radius 2 is 2.44 bits per heavy atom. The Morgan fingerprint density at radius 3 is 3.06 bits per heavy atom. The van der Waals surface area contributed by atoms with Crippen LogP contribution >= 0.6 is 0 Å². The first kappa shape index (κ1) is 12.6. The van der Waals surface area contributed by atoms with E-state index >= 15 is 0 Å². The number of nitrogens with one attached hydrogen (secondary N) is 1. The zero-order chi connectivity index (χ0) is 11.8. The molecule has 5 heteroatoms. The average Bonchev–Trinajstić information content (AvgIpc) is 2.30. The molecule has 1 heterocycles. The second-order valence-corrected chi connectivity index (χ2v) is 3.47. The van der Waals surface area contributed by atoms with Gasteiger partial charge in [-0.25, -0.2) is 0 Å². The van der Waals surface area contributed by atoms with Crippen LogP contribution in [0.2, 0.25) is 0 Å². The monoisotopic (exact) mass is 223 g/mol. The van der Waals surface area contributed by atoms with Gasteiger partial charge in [0, 0.05) is 25.9 Å². The Kier molecular flexibility index (Phi) is 5.45. The molecular formula is C11H17N3O2. The Morgan fingerprint density at radius 1 is 1.62 bits per heavy atom. The molecular weight excluding hydrogens is 206 g/mol. The van der Waals surface area contributed by atoms with E-state index in [2.05, 4.69) is 10.3 Å². The van der Waals surface area contributed by atoms with E-state index in [4.69, 9.17) is 10.5 Å². The summed E-state index contributed by atoms with van der Waals surface area (Å²) in [6.45, 7) is 1.03. The standard InChI is InChI=1S/C11H17N3O2/c1-16-8-9(12)5-7-14-11(15)10-4-2-3-6-13-10/h2-4,6,9H,5,7-8,12H2,1H3,(H,14,15). The average molecular weight is 223 g/mol. The summed E-state index contributed by atoms with van der Waals surface area (Å²) in [5.74, 6) is -0.176. The summed E-state index contributed by atoms with van der Waals surface area (Å²) in [5.41, 5.74) is 6.14. The fourth-order valence-electron chi connectivity index (χ4n) is 1.26. The van der Waals surface area contributed by atoms with Crippen molar-refractivity contribution in [2.75, 3.05) is 20.3 Å². The largest absolute Gasteiger partial charge is 0.383 e. The minimum absolute atomic E-state index is 0.0472. The summed E-state index contributed by atoms with van der Waals surface area (Å²) < 4.78 is 4.90. The molecule has 88 valence electrons. The lowest BCUT2D eigenvalue weighted by atomic mass is 10.2. The fraction of sp³-hybridized carbons (Fsp3) is 0.455. The highest BCUT2D eigenvalue weighted by Crippen LogP contribution is 1.93. The van der Waals surface area contributed by atoms with Gasteiger partial charge in [0.25, 0.3) is 5.91 Å². The van der Waals surface area contributed by atoms with Gasteiger partial charge < -0.3 is 15.8 Å². The number of nitrogens with two attached hydrogens (primary N) is 1. The van der Waals surface area contributed by atoms with Gasteiger partial charge in [0.2, 0.25) is 0 Å². The second-order valence-electron chi connectivity index (χ2n) is 3.47. The number of pyridine rings is 1. The Bertz CT molecular complexity index is 316. The molecule has 1 amide bonds. The van der Waals surface area contributed by atoms with E-state index in [1.165, 1.54) is 0 Å². The topological polar surface area (TPSA) is 77.2 Å². The Hall–Kier alpha value is -1.46. The van der Waals surface area contributed by atoms with Crippen LogP contribution in [-0.4, -0.2) is 37.2 Å². The maximum atomic E-state index is 11.5. The van der Waals surface area contributed by atoms with Gasteiger partial charge in [-0.3, -0.25) is 9.78 Å². The van der Waals surface area contributed by atoms with Crippen LogP contribution in [0.1, 0.15) is 16.9 Å². The fourth-order valence-corrected chi connectivity index (χ4v) is 1.26. The van der Waals surface area contributed by atoms with Gasteiger partial charge in [0.1, 0.15) is 5.69 Å². The molecule has 1 atom stereocenters. The van der Waals surface area contributed by atoms with Crippen LogP contribution in [0.5, 0.6) is 0 Å². The third-order valence-corrected chi connectivity index (χ3v) is 2.08. The molecule has 0 spiro atoms. The van der Waals surface area contributed by atoms with Crippen molar-refractivity contribution in [2.45, 2.75) is 12.5 Å². The molecule has 0 saturated heterocycles. The lowest BCUT2D eigenvalue weighted by Crippen LogP contribution is -2.33. The molecule has 1 rings (SSSR count). The van der Waals surface area contributed by atoms with Gasteiger partial charge in [-0.15, -0.1) is 0 Å². The summed E-state index contributed by atoms with van der Waals surface area (Å²) in [7, 11) is 1.60. The first-order valence-electron chi connectivity index (χ1n) is 5.17. The summed E-state index contributed by atoms with van der Waals surface area (Å²) in [6.07, 6.45) is 2.28. The number of hydrogen-bond donors (Lipinski definition) is 2. The molecule has 0 bridgehead atoms. The van der Waals surface area contributed by atoms with Gasteiger partial charge in [0.05, 0.1) is 6.61 Å². The number of carbonyl (C=O) groups excluding carboxylic acids is 1. The molecule has 0 aliphatic carbocycles. The molecule has 3 N–H and O–H groups in total. The van der Waals surface area contributed by atoms with Crippen LogP contribution in [0.15, 0.2) is 24.4 Å². The van der Waals surface area contributed by atoms with Gasteiger partial charge in [-0.1, -0.05) is 6.07 Å². The number of amides is 1. The number of aromatic nitrogens is 1. The van der Waals surface area contributed by atoms with Crippen molar-refractivity contribution < 1.29 is 9.53 Å². The predicted molar refractivity (Wildman–Crippen MR) is 61.0 cm³/mol. The van der Waals surface area contributed by atoms with Crippen molar-refractivity contribution in [3.05, 3.63) is 30.1 Å². The van der Waals surface area contributed by atoms with E-state index in [0.29, 0.717) is 25.3 Å².